The number of ether oxygens (including phenoxy) is 1. The van der Waals surface area contributed by atoms with Crippen molar-refractivity contribution >= 4 is 5.91 Å². The molecule has 0 aliphatic carbocycles. The number of carbonyl (C=O) groups is 1. The maximum atomic E-state index is 11.0. The third-order valence-corrected chi connectivity index (χ3v) is 2.80. The summed E-state index contributed by atoms with van der Waals surface area (Å²) in [4.78, 5) is 15.1. The van der Waals surface area contributed by atoms with Gasteiger partial charge in [0.1, 0.15) is 12.2 Å². The van der Waals surface area contributed by atoms with Crippen molar-refractivity contribution < 1.29 is 19.7 Å². The van der Waals surface area contributed by atoms with E-state index in [0.29, 0.717) is 17.7 Å². The van der Waals surface area contributed by atoms with E-state index in [4.69, 9.17) is 15.6 Å². The van der Waals surface area contributed by atoms with Gasteiger partial charge in [0.15, 0.2) is 0 Å². The molecule has 2 rings (SSSR count). The van der Waals surface area contributed by atoms with Gasteiger partial charge in [0.05, 0.1) is 18.4 Å². The number of hydrogen-bond donors (Lipinski definition) is 3. The number of aliphatic hydroxyl groups is 2. The van der Waals surface area contributed by atoms with Crippen LogP contribution in [0.3, 0.4) is 0 Å². The summed E-state index contributed by atoms with van der Waals surface area (Å²) in [6.45, 7) is -0.243. The molecular weight excluding hydrogens is 224 g/mol. The maximum absolute atomic E-state index is 11.0. The normalized spacial score (nSPS) is 28.2. The van der Waals surface area contributed by atoms with Crippen LogP contribution in [0.1, 0.15) is 28.6 Å². The molecule has 0 aromatic carbocycles. The molecule has 4 N–H and O–H groups in total. The first-order chi connectivity index (χ1) is 8.11. The van der Waals surface area contributed by atoms with Crippen LogP contribution in [-0.2, 0) is 4.74 Å². The molecule has 6 nitrogen and oxygen atoms in total. The van der Waals surface area contributed by atoms with E-state index < -0.39 is 24.2 Å². The van der Waals surface area contributed by atoms with E-state index in [1.54, 1.807) is 6.07 Å². The third kappa shape index (κ3) is 2.44. The van der Waals surface area contributed by atoms with Gasteiger partial charge in [0.2, 0.25) is 5.91 Å². The Morgan fingerprint density at radius 2 is 2.41 bits per heavy atom. The van der Waals surface area contributed by atoms with Crippen LogP contribution in [-0.4, -0.2) is 39.9 Å². The predicted molar refractivity (Wildman–Crippen MR) is 58.1 cm³/mol. The van der Waals surface area contributed by atoms with Crippen LogP contribution in [0.4, 0.5) is 0 Å². The molecule has 1 amide bonds. The lowest BCUT2D eigenvalue weighted by Gasteiger charge is -2.11. The molecule has 2 heterocycles. The topological polar surface area (TPSA) is 106 Å². The quantitative estimate of drug-likeness (QED) is 0.649. The fourth-order valence-corrected chi connectivity index (χ4v) is 1.86. The van der Waals surface area contributed by atoms with Crippen molar-refractivity contribution in [2.75, 3.05) is 6.61 Å². The van der Waals surface area contributed by atoms with Gasteiger partial charge in [0.25, 0.3) is 0 Å². The van der Waals surface area contributed by atoms with Gasteiger partial charge in [-0.15, -0.1) is 0 Å². The number of pyridine rings is 1. The fourth-order valence-electron chi connectivity index (χ4n) is 1.86. The zero-order valence-electron chi connectivity index (χ0n) is 9.11. The van der Waals surface area contributed by atoms with Crippen molar-refractivity contribution in [2.24, 2.45) is 5.73 Å². The number of hydrogen-bond acceptors (Lipinski definition) is 5. The number of aromatic nitrogens is 1. The lowest BCUT2D eigenvalue weighted by Crippen LogP contribution is -2.24. The molecule has 1 saturated heterocycles. The fraction of sp³-hybridized carbons (Fsp3) is 0.455. The average Bonchev–Trinajstić information content (AvgIpc) is 2.71. The number of nitrogens with two attached hydrogens (primary N) is 1. The minimum Gasteiger partial charge on any atom is -0.394 e. The molecule has 1 fully saturated rings. The number of nitrogens with zero attached hydrogens (tertiary/aromatic N) is 1. The average molecular weight is 238 g/mol. The molecular formula is C11H14N2O4. The molecule has 0 bridgehead atoms. The molecule has 17 heavy (non-hydrogen) atoms. The Bertz CT molecular complexity index is 424. The van der Waals surface area contributed by atoms with Gasteiger partial charge in [-0.2, -0.15) is 0 Å². The van der Waals surface area contributed by atoms with Crippen molar-refractivity contribution in [1.82, 2.24) is 4.98 Å². The largest absolute Gasteiger partial charge is 0.394 e. The minimum absolute atomic E-state index is 0.243. The molecule has 1 aliphatic heterocycles. The van der Waals surface area contributed by atoms with Crippen molar-refractivity contribution in [3.05, 3.63) is 29.6 Å². The van der Waals surface area contributed by atoms with Gasteiger partial charge >= 0.3 is 0 Å². The van der Waals surface area contributed by atoms with Gasteiger partial charge in [-0.25, -0.2) is 0 Å². The highest BCUT2D eigenvalue weighted by molar-refractivity contribution is 5.92. The molecule has 0 unspecified atom stereocenters. The van der Waals surface area contributed by atoms with Crippen molar-refractivity contribution in [1.29, 1.82) is 0 Å². The first kappa shape index (κ1) is 12.0. The molecule has 1 aromatic rings. The molecule has 6 heteroatoms. The summed E-state index contributed by atoms with van der Waals surface area (Å²) < 4.78 is 5.43. The lowest BCUT2D eigenvalue weighted by molar-refractivity contribution is -0.0235. The van der Waals surface area contributed by atoms with Crippen LogP contribution in [0.25, 0.3) is 0 Å². The van der Waals surface area contributed by atoms with Crippen LogP contribution < -0.4 is 5.73 Å². The molecule has 1 aliphatic rings. The Labute approximate surface area is 98.0 Å². The van der Waals surface area contributed by atoms with Crippen molar-refractivity contribution in [3.63, 3.8) is 0 Å². The summed E-state index contributed by atoms with van der Waals surface area (Å²) in [7, 11) is 0. The molecule has 0 spiro atoms. The highest BCUT2D eigenvalue weighted by atomic mass is 16.5. The highest BCUT2D eigenvalue weighted by Crippen LogP contribution is 2.31. The summed E-state index contributed by atoms with van der Waals surface area (Å²) in [6, 6.07) is 3.06. The number of aliphatic hydroxyl groups excluding tert-OH is 2. The Hall–Kier alpha value is -1.50. The molecule has 0 saturated carbocycles. The predicted octanol–water partition coefficient (Wildman–Crippen LogP) is -0.636. The van der Waals surface area contributed by atoms with E-state index >= 15 is 0 Å². The summed E-state index contributed by atoms with van der Waals surface area (Å²) in [5.74, 6) is -0.536. The van der Waals surface area contributed by atoms with Crippen molar-refractivity contribution in [2.45, 2.75) is 24.7 Å². The van der Waals surface area contributed by atoms with E-state index in [1.807, 2.05) is 0 Å². The van der Waals surface area contributed by atoms with Crippen molar-refractivity contribution in [3.8, 4) is 0 Å². The Kier molecular flexibility index (Phi) is 3.37. The SMILES string of the molecule is NC(=O)c1ccnc([C@H]2C[C@H](O)[C@@H](CO)O2)c1. The number of amides is 1. The zero-order chi connectivity index (χ0) is 12.4. The van der Waals surface area contributed by atoms with Gasteiger partial charge in [-0.05, 0) is 12.1 Å². The summed E-state index contributed by atoms with van der Waals surface area (Å²) in [5.41, 5.74) is 6.05. The zero-order valence-corrected chi connectivity index (χ0v) is 9.11. The second-order valence-electron chi connectivity index (χ2n) is 3.98. The molecule has 92 valence electrons. The van der Waals surface area contributed by atoms with E-state index in [1.165, 1.54) is 12.3 Å². The van der Waals surface area contributed by atoms with Crippen LogP contribution in [0.2, 0.25) is 0 Å². The highest BCUT2D eigenvalue weighted by Gasteiger charge is 2.35. The lowest BCUT2D eigenvalue weighted by atomic mass is 10.1. The second kappa shape index (κ2) is 4.79. The van der Waals surface area contributed by atoms with E-state index in [-0.39, 0.29) is 6.61 Å². The van der Waals surface area contributed by atoms with Gasteiger partial charge in [0, 0.05) is 18.2 Å². The van der Waals surface area contributed by atoms with E-state index in [9.17, 15) is 9.90 Å². The summed E-state index contributed by atoms with van der Waals surface area (Å²) in [6.07, 6.45) is 0.0854. The van der Waals surface area contributed by atoms with Crippen LogP contribution in [0, 0.1) is 0 Å². The minimum atomic E-state index is -0.718. The monoisotopic (exact) mass is 238 g/mol. The Morgan fingerprint density at radius 1 is 1.65 bits per heavy atom. The number of rotatable bonds is 3. The van der Waals surface area contributed by atoms with Crippen LogP contribution in [0.5, 0.6) is 0 Å². The first-order valence-corrected chi connectivity index (χ1v) is 5.32. The standard InChI is InChI=1S/C11H14N2O4/c12-11(16)6-1-2-13-7(3-6)9-4-8(15)10(5-14)17-9/h1-3,8-10,14-15H,4-5H2,(H2,12,16)/t8-,9+,10+/m0/s1. The number of primary amides is 1. The molecule has 0 radical (unpaired) electrons. The van der Waals surface area contributed by atoms with Gasteiger partial charge in [-0.3, -0.25) is 9.78 Å². The second-order valence-corrected chi connectivity index (χ2v) is 3.98. The molecule has 1 aromatic heterocycles. The third-order valence-electron chi connectivity index (χ3n) is 2.80. The van der Waals surface area contributed by atoms with E-state index in [2.05, 4.69) is 4.98 Å². The van der Waals surface area contributed by atoms with Gasteiger partial charge in [-0.1, -0.05) is 0 Å². The van der Waals surface area contributed by atoms with Gasteiger partial charge < -0.3 is 20.7 Å². The maximum Gasteiger partial charge on any atom is 0.248 e. The Balaban J connectivity index is 2.18. The van der Waals surface area contributed by atoms with Crippen LogP contribution >= 0.6 is 0 Å². The Morgan fingerprint density at radius 3 is 3.00 bits per heavy atom. The van der Waals surface area contributed by atoms with E-state index in [0.717, 1.165) is 0 Å². The summed E-state index contributed by atoms with van der Waals surface area (Å²) >= 11 is 0. The van der Waals surface area contributed by atoms with Crippen LogP contribution in [0.15, 0.2) is 18.3 Å². The first-order valence-electron chi connectivity index (χ1n) is 5.32. The smallest absolute Gasteiger partial charge is 0.248 e. The summed E-state index contributed by atoms with van der Waals surface area (Å²) in [5, 5.41) is 18.6. The molecule has 3 atom stereocenters. The number of carbonyl (C=O) groups excluding carboxylic acids is 1.